The first kappa shape index (κ1) is 30.6. The molecule has 0 bridgehead atoms. The van der Waals surface area contributed by atoms with Crippen molar-refractivity contribution in [1.29, 1.82) is 0 Å². The van der Waals surface area contributed by atoms with Crippen LogP contribution in [0.15, 0.2) is 77.6 Å². The molecule has 1 saturated heterocycles. The highest BCUT2D eigenvalue weighted by Gasteiger charge is 2.25. The van der Waals surface area contributed by atoms with Crippen molar-refractivity contribution in [2.75, 3.05) is 25.5 Å². The first-order valence-electron chi connectivity index (χ1n) is 15.3. The number of hydrogen-bond donors (Lipinski definition) is 4. The van der Waals surface area contributed by atoms with Crippen LogP contribution < -0.4 is 16.2 Å². The van der Waals surface area contributed by atoms with Crippen LogP contribution in [0.2, 0.25) is 0 Å². The molecule has 4 heterocycles. The second-order valence-electron chi connectivity index (χ2n) is 12.8. The lowest BCUT2D eigenvalue weighted by atomic mass is 9.86. The van der Waals surface area contributed by atoms with Crippen molar-refractivity contribution in [2.45, 2.75) is 57.8 Å². The van der Waals surface area contributed by atoms with Crippen molar-refractivity contribution in [2.24, 2.45) is 0 Å². The SMILES string of the molecule is CN1C=C(c2cccc(-n3ncc4cc(C(C)(C)C)cc(F)c4c3=O)c2CO)C=C(Nc2ccc(C3CCNCC3)cn2)[C@H]1O. The number of rotatable bonds is 6. The summed E-state index contributed by atoms with van der Waals surface area (Å²) in [6.07, 6.45) is 8.16. The Balaban J connectivity index is 1.35. The summed E-state index contributed by atoms with van der Waals surface area (Å²) < 4.78 is 16.5. The molecule has 1 atom stereocenters. The normalized spacial score (nSPS) is 17.8. The van der Waals surface area contributed by atoms with E-state index in [1.165, 1.54) is 17.8 Å². The number of benzene rings is 2. The van der Waals surface area contributed by atoms with E-state index in [2.05, 4.69) is 26.8 Å². The number of aliphatic hydroxyl groups excluding tert-OH is 2. The van der Waals surface area contributed by atoms with Gasteiger partial charge in [0.1, 0.15) is 11.6 Å². The van der Waals surface area contributed by atoms with Crippen molar-refractivity contribution >= 4 is 22.2 Å². The number of pyridine rings is 1. The third-order valence-corrected chi connectivity index (χ3v) is 8.74. The quantitative estimate of drug-likeness (QED) is 0.247. The number of hydrogen-bond acceptors (Lipinski definition) is 8. The first-order chi connectivity index (χ1) is 21.5. The Labute approximate surface area is 261 Å². The molecule has 234 valence electrons. The summed E-state index contributed by atoms with van der Waals surface area (Å²) in [6.45, 7) is 7.55. The van der Waals surface area contributed by atoms with E-state index >= 15 is 4.39 Å². The fourth-order valence-electron chi connectivity index (χ4n) is 6.11. The van der Waals surface area contributed by atoms with E-state index < -0.39 is 24.2 Å². The molecule has 45 heavy (non-hydrogen) atoms. The number of nitrogens with zero attached hydrogens (tertiary/aromatic N) is 4. The summed E-state index contributed by atoms with van der Waals surface area (Å²) >= 11 is 0. The summed E-state index contributed by atoms with van der Waals surface area (Å²) in [6, 6.07) is 12.5. The van der Waals surface area contributed by atoms with Crippen LogP contribution in [0.3, 0.4) is 0 Å². The molecule has 9 nitrogen and oxygen atoms in total. The Kier molecular flexibility index (Phi) is 8.30. The first-order valence-corrected chi connectivity index (χ1v) is 15.3. The van der Waals surface area contributed by atoms with Crippen molar-refractivity contribution in [3.63, 3.8) is 0 Å². The maximum atomic E-state index is 15.4. The Morgan fingerprint density at radius 2 is 1.89 bits per heavy atom. The molecule has 0 aliphatic carbocycles. The molecule has 10 heteroatoms. The average molecular weight is 611 g/mol. The monoisotopic (exact) mass is 610 g/mol. The van der Waals surface area contributed by atoms with Gasteiger partial charge >= 0.3 is 0 Å². The van der Waals surface area contributed by atoms with Gasteiger partial charge in [-0.15, -0.1) is 0 Å². The van der Waals surface area contributed by atoms with E-state index in [0.29, 0.717) is 45.2 Å². The Bertz CT molecular complexity index is 1850. The van der Waals surface area contributed by atoms with E-state index in [1.54, 1.807) is 42.4 Å². The number of anilines is 1. The molecule has 4 N–H and O–H groups in total. The summed E-state index contributed by atoms with van der Waals surface area (Å²) in [4.78, 5) is 19.9. The van der Waals surface area contributed by atoms with Crippen LogP contribution in [0.4, 0.5) is 10.2 Å². The highest BCUT2D eigenvalue weighted by atomic mass is 19.1. The standard InChI is InChI=1S/C35H39FN6O3/c1-35(2,3)25-14-23-18-39-42(34(45)32(23)28(36)16-25)30-7-5-6-26(27(30)20-43)24-15-29(33(44)41(4)19-24)40-31-9-8-22(17-38-31)21-10-12-37-13-11-21/h5-9,14-19,21,33,37,43-44H,10-13,20H2,1-4H3,(H,38,40)/t33-/m1/s1. The van der Waals surface area contributed by atoms with Crippen LogP contribution in [0, 0.1) is 5.82 Å². The van der Waals surface area contributed by atoms with Crippen molar-refractivity contribution < 1.29 is 14.6 Å². The predicted octanol–water partition coefficient (Wildman–Crippen LogP) is 4.78. The lowest BCUT2D eigenvalue weighted by Crippen LogP contribution is -2.34. The summed E-state index contributed by atoms with van der Waals surface area (Å²) in [5, 5.41) is 33.0. The number of piperidine rings is 1. The molecule has 4 aromatic rings. The van der Waals surface area contributed by atoms with Gasteiger partial charge in [-0.2, -0.15) is 9.78 Å². The second kappa shape index (κ2) is 12.2. The van der Waals surface area contributed by atoms with E-state index in [-0.39, 0.29) is 10.8 Å². The largest absolute Gasteiger partial charge is 0.392 e. The number of allylic oxidation sites excluding steroid dienone is 2. The minimum absolute atomic E-state index is 0.0583. The minimum Gasteiger partial charge on any atom is -0.392 e. The van der Waals surface area contributed by atoms with Gasteiger partial charge in [0.05, 0.1) is 29.6 Å². The van der Waals surface area contributed by atoms with Crippen LogP contribution in [0.25, 0.3) is 22.0 Å². The topological polar surface area (TPSA) is 116 Å². The summed E-state index contributed by atoms with van der Waals surface area (Å²) in [7, 11) is 1.75. The second-order valence-corrected chi connectivity index (χ2v) is 12.8. The zero-order valence-electron chi connectivity index (χ0n) is 26.0. The fraction of sp³-hybridized carbons (Fsp3) is 0.343. The minimum atomic E-state index is -0.953. The number of nitrogens with one attached hydrogen (secondary N) is 2. The van der Waals surface area contributed by atoms with E-state index in [1.807, 2.05) is 39.1 Å². The maximum absolute atomic E-state index is 15.4. The molecule has 2 aromatic heterocycles. The molecular weight excluding hydrogens is 571 g/mol. The molecule has 1 fully saturated rings. The van der Waals surface area contributed by atoms with Crippen LogP contribution in [-0.2, 0) is 12.0 Å². The Morgan fingerprint density at radius 3 is 2.58 bits per heavy atom. The molecule has 0 amide bonds. The summed E-state index contributed by atoms with van der Waals surface area (Å²) in [5.74, 6) is 0.480. The van der Waals surface area contributed by atoms with E-state index in [0.717, 1.165) is 36.2 Å². The van der Waals surface area contributed by atoms with Gasteiger partial charge in [0, 0.05) is 30.4 Å². The van der Waals surface area contributed by atoms with E-state index in [9.17, 15) is 15.0 Å². The molecule has 2 aliphatic rings. The molecular formula is C35H39FN6O3. The van der Waals surface area contributed by atoms with Gasteiger partial charge in [-0.05, 0) is 89.9 Å². The molecule has 0 spiro atoms. The van der Waals surface area contributed by atoms with Crippen molar-refractivity contribution in [3.8, 4) is 5.69 Å². The number of aliphatic hydroxyl groups is 2. The van der Waals surface area contributed by atoms with Gasteiger partial charge in [0.15, 0.2) is 6.23 Å². The molecule has 2 aromatic carbocycles. The van der Waals surface area contributed by atoms with Gasteiger partial charge in [-0.1, -0.05) is 39.0 Å². The van der Waals surface area contributed by atoms with Crippen LogP contribution in [-0.4, -0.2) is 56.2 Å². The third-order valence-electron chi connectivity index (χ3n) is 8.74. The molecule has 0 radical (unpaired) electrons. The lowest BCUT2D eigenvalue weighted by Gasteiger charge is -2.30. The Hall–Kier alpha value is -4.38. The van der Waals surface area contributed by atoms with Gasteiger partial charge in [-0.25, -0.2) is 9.37 Å². The zero-order valence-corrected chi connectivity index (χ0v) is 26.0. The lowest BCUT2D eigenvalue weighted by molar-refractivity contribution is 0.0878. The molecule has 0 saturated carbocycles. The average Bonchev–Trinajstić information content (AvgIpc) is 3.03. The fourth-order valence-corrected chi connectivity index (χ4v) is 6.11. The Morgan fingerprint density at radius 1 is 1.11 bits per heavy atom. The predicted molar refractivity (Wildman–Crippen MR) is 174 cm³/mol. The van der Waals surface area contributed by atoms with Crippen molar-refractivity contribution in [3.05, 3.63) is 111 Å². The number of aromatic nitrogens is 3. The maximum Gasteiger partial charge on any atom is 0.282 e. The van der Waals surface area contributed by atoms with Gasteiger partial charge in [0.2, 0.25) is 0 Å². The van der Waals surface area contributed by atoms with Crippen molar-refractivity contribution in [1.82, 2.24) is 25.0 Å². The van der Waals surface area contributed by atoms with Crippen LogP contribution in [0.1, 0.15) is 61.8 Å². The summed E-state index contributed by atoms with van der Waals surface area (Å²) in [5.41, 5.74) is 3.67. The van der Waals surface area contributed by atoms with Gasteiger partial charge in [0.25, 0.3) is 5.56 Å². The number of halogens is 1. The van der Waals surface area contributed by atoms with Gasteiger partial charge < -0.3 is 25.7 Å². The number of fused-ring (bicyclic) bond motifs is 1. The highest BCUT2D eigenvalue weighted by molar-refractivity contribution is 5.83. The zero-order chi connectivity index (χ0) is 31.9. The third kappa shape index (κ3) is 6.01. The van der Waals surface area contributed by atoms with Crippen LogP contribution in [0.5, 0.6) is 0 Å². The van der Waals surface area contributed by atoms with E-state index in [4.69, 9.17) is 0 Å². The molecule has 2 aliphatic heterocycles. The highest BCUT2D eigenvalue weighted by Crippen LogP contribution is 2.32. The van der Waals surface area contributed by atoms with Gasteiger partial charge in [-0.3, -0.25) is 4.79 Å². The molecule has 0 unspecified atom stereocenters. The van der Waals surface area contributed by atoms with Crippen LogP contribution >= 0.6 is 0 Å². The smallest absolute Gasteiger partial charge is 0.282 e. The molecule has 6 rings (SSSR count). The number of likely N-dealkylation sites (N-methyl/N-ethyl adjacent to an activating group) is 1.